The molecule has 0 aliphatic carbocycles. The maximum absolute atomic E-state index is 9.04. The van der Waals surface area contributed by atoms with Crippen molar-refractivity contribution in [1.82, 2.24) is 0 Å². The minimum Gasteiger partial charge on any atom is -0.423 e. The number of anilines is 2. The maximum Gasteiger partial charge on any atom is 0.488 e. The van der Waals surface area contributed by atoms with Crippen molar-refractivity contribution in [1.29, 1.82) is 0 Å². The van der Waals surface area contributed by atoms with Crippen molar-refractivity contribution in [2.45, 2.75) is 0 Å². The third-order valence-corrected chi connectivity index (χ3v) is 6.89. The SMILES string of the molecule is CN(C)c1ccc(/C=C/C=C/C=C/c2ccc(B(O)O)cc2)cc1.CN(C)c1ccc(/C=C/C=C/c2ccc(B(O)O)cc2)cc1. The molecule has 0 saturated carbocycles. The number of nitrogens with zero attached hydrogens (tertiary/aromatic N) is 2. The van der Waals surface area contributed by atoms with Crippen LogP contribution >= 0.6 is 0 Å². The molecule has 0 atom stereocenters. The molecule has 0 aromatic heterocycles. The van der Waals surface area contributed by atoms with E-state index in [2.05, 4.69) is 64.4 Å². The van der Waals surface area contributed by atoms with Gasteiger partial charge in [0.15, 0.2) is 0 Å². The molecule has 0 amide bonds. The number of benzene rings is 4. The van der Waals surface area contributed by atoms with Gasteiger partial charge < -0.3 is 29.9 Å². The highest BCUT2D eigenvalue weighted by Gasteiger charge is 2.09. The standard InChI is InChI=1S/C20H22BNO2.C18H20BNO2/c1-22(2)20-15-11-18(12-16-20)8-6-4-3-5-7-17-9-13-19(14-10-17)21(23)24;1-20(2)18-13-9-16(10-14-18)6-4-3-5-15-7-11-17(12-8-15)19(21)22/h3-16,23-24H,1-2H3;3-14,21-22H,1-2H3/b4-3+,7-5+,8-6+;5-3+,6-4+. The zero-order chi connectivity index (χ0) is 33.3. The molecule has 0 unspecified atom stereocenters. The summed E-state index contributed by atoms with van der Waals surface area (Å²) in [5.41, 5.74) is 7.68. The van der Waals surface area contributed by atoms with Crippen LogP contribution in [0.5, 0.6) is 0 Å². The Morgan fingerprint density at radius 2 is 0.609 bits per heavy atom. The van der Waals surface area contributed by atoms with E-state index in [1.54, 1.807) is 24.3 Å². The molecule has 6 nitrogen and oxygen atoms in total. The number of rotatable bonds is 11. The van der Waals surface area contributed by atoms with Crippen molar-refractivity contribution < 1.29 is 20.1 Å². The fourth-order valence-electron chi connectivity index (χ4n) is 4.12. The average molecular weight is 612 g/mol. The number of allylic oxidation sites excluding steroid dienone is 6. The van der Waals surface area contributed by atoms with Crippen LogP contribution in [-0.2, 0) is 0 Å². The van der Waals surface area contributed by atoms with Crippen LogP contribution in [0.3, 0.4) is 0 Å². The minimum absolute atomic E-state index is 0.492. The summed E-state index contributed by atoms with van der Waals surface area (Å²) in [5, 5.41) is 36.1. The third kappa shape index (κ3) is 12.6. The largest absolute Gasteiger partial charge is 0.488 e. The zero-order valence-corrected chi connectivity index (χ0v) is 26.8. The molecule has 4 rings (SSSR count). The molecule has 4 N–H and O–H groups in total. The second-order valence-corrected chi connectivity index (χ2v) is 10.9. The van der Waals surface area contributed by atoms with Crippen LogP contribution in [0.25, 0.3) is 24.3 Å². The van der Waals surface area contributed by atoms with Crippen LogP contribution in [-0.4, -0.2) is 62.5 Å². The molecule has 0 heterocycles. The van der Waals surface area contributed by atoms with E-state index < -0.39 is 14.2 Å². The van der Waals surface area contributed by atoms with Gasteiger partial charge >= 0.3 is 14.2 Å². The Balaban J connectivity index is 0.000000251. The molecule has 4 aromatic rings. The first-order chi connectivity index (χ1) is 22.1. The lowest BCUT2D eigenvalue weighted by molar-refractivity contribution is 0.424. The van der Waals surface area contributed by atoms with Gasteiger partial charge in [-0.15, -0.1) is 0 Å². The smallest absolute Gasteiger partial charge is 0.423 e. The van der Waals surface area contributed by atoms with E-state index in [0.29, 0.717) is 10.9 Å². The molecule has 0 aliphatic rings. The Morgan fingerprint density at radius 1 is 0.370 bits per heavy atom. The highest BCUT2D eigenvalue weighted by atomic mass is 16.4. The molecular weight excluding hydrogens is 570 g/mol. The van der Waals surface area contributed by atoms with Crippen LogP contribution < -0.4 is 20.7 Å². The lowest BCUT2D eigenvalue weighted by Gasteiger charge is -2.11. The van der Waals surface area contributed by atoms with E-state index in [0.717, 1.165) is 22.3 Å². The highest BCUT2D eigenvalue weighted by molar-refractivity contribution is 6.58. The first-order valence-corrected chi connectivity index (χ1v) is 15.0. The molecule has 0 saturated heterocycles. The van der Waals surface area contributed by atoms with Gasteiger partial charge in [0.2, 0.25) is 0 Å². The van der Waals surface area contributed by atoms with E-state index in [-0.39, 0.29) is 0 Å². The van der Waals surface area contributed by atoms with Gasteiger partial charge in [-0.1, -0.05) is 134 Å². The Labute approximate surface area is 274 Å². The van der Waals surface area contributed by atoms with Gasteiger partial charge in [-0.3, -0.25) is 0 Å². The summed E-state index contributed by atoms with van der Waals surface area (Å²) >= 11 is 0. The molecule has 4 aromatic carbocycles. The highest BCUT2D eigenvalue weighted by Crippen LogP contribution is 2.14. The van der Waals surface area contributed by atoms with Crippen molar-refractivity contribution in [2.75, 3.05) is 38.0 Å². The topological polar surface area (TPSA) is 87.4 Å². The quantitative estimate of drug-likeness (QED) is 0.143. The normalized spacial score (nSPS) is 11.5. The second kappa shape index (κ2) is 18.8. The van der Waals surface area contributed by atoms with Crippen LogP contribution in [0.4, 0.5) is 11.4 Å². The van der Waals surface area contributed by atoms with Crippen molar-refractivity contribution in [3.05, 3.63) is 156 Å². The molecule has 46 heavy (non-hydrogen) atoms. The van der Waals surface area contributed by atoms with E-state index in [1.807, 2.05) is 107 Å². The third-order valence-electron chi connectivity index (χ3n) is 6.89. The Hall–Kier alpha value is -4.85. The van der Waals surface area contributed by atoms with Gasteiger partial charge in [0, 0.05) is 39.6 Å². The van der Waals surface area contributed by atoms with Gasteiger partial charge in [-0.05, 0) is 57.4 Å². The summed E-state index contributed by atoms with van der Waals surface area (Å²) in [4.78, 5) is 4.15. The Morgan fingerprint density at radius 3 is 0.848 bits per heavy atom. The van der Waals surface area contributed by atoms with Gasteiger partial charge in [0.25, 0.3) is 0 Å². The molecule has 0 spiro atoms. The van der Waals surface area contributed by atoms with Gasteiger partial charge in [0.05, 0.1) is 0 Å². The van der Waals surface area contributed by atoms with Crippen molar-refractivity contribution >= 4 is 60.8 Å². The first-order valence-electron chi connectivity index (χ1n) is 15.0. The fourth-order valence-corrected chi connectivity index (χ4v) is 4.12. The minimum atomic E-state index is -1.42. The lowest BCUT2D eigenvalue weighted by atomic mass is 9.80. The van der Waals surface area contributed by atoms with E-state index >= 15 is 0 Å². The monoisotopic (exact) mass is 612 g/mol. The zero-order valence-electron chi connectivity index (χ0n) is 26.8. The van der Waals surface area contributed by atoms with E-state index in [9.17, 15) is 0 Å². The molecule has 0 bridgehead atoms. The fraction of sp³-hybridized carbons (Fsp3) is 0.105. The van der Waals surface area contributed by atoms with Gasteiger partial charge in [0.1, 0.15) is 0 Å². The maximum atomic E-state index is 9.04. The summed E-state index contributed by atoms with van der Waals surface area (Å²) in [6, 6.07) is 30.9. The summed E-state index contributed by atoms with van der Waals surface area (Å²) in [6.45, 7) is 0. The van der Waals surface area contributed by atoms with Crippen LogP contribution in [0.2, 0.25) is 0 Å². The lowest BCUT2D eigenvalue weighted by Crippen LogP contribution is -2.29. The molecule has 8 heteroatoms. The molecule has 234 valence electrons. The van der Waals surface area contributed by atoms with Crippen molar-refractivity contribution in [3.8, 4) is 0 Å². The number of hydrogen-bond donors (Lipinski definition) is 4. The average Bonchev–Trinajstić information content (AvgIpc) is 3.06. The summed E-state index contributed by atoms with van der Waals surface area (Å²) in [5.74, 6) is 0. The predicted molar refractivity (Wildman–Crippen MR) is 199 cm³/mol. The van der Waals surface area contributed by atoms with E-state index in [1.165, 1.54) is 11.4 Å². The summed E-state index contributed by atoms with van der Waals surface area (Å²) in [6.07, 6.45) is 19.9. The predicted octanol–water partition coefficient (Wildman–Crippen LogP) is 4.87. The Kier molecular flexibility index (Phi) is 14.6. The summed E-state index contributed by atoms with van der Waals surface area (Å²) < 4.78 is 0. The second-order valence-electron chi connectivity index (χ2n) is 10.9. The Bertz CT molecular complexity index is 1480. The molecule has 0 fully saturated rings. The molecule has 0 aliphatic heterocycles. The summed E-state index contributed by atoms with van der Waals surface area (Å²) in [7, 11) is 5.27. The van der Waals surface area contributed by atoms with Gasteiger partial charge in [-0.2, -0.15) is 0 Å². The molecular formula is C38H42B2N2O4. The first kappa shape index (κ1) is 35.6. The molecule has 0 radical (unpaired) electrons. The van der Waals surface area contributed by atoms with Gasteiger partial charge in [-0.25, -0.2) is 0 Å². The van der Waals surface area contributed by atoms with E-state index in [4.69, 9.17) is 20.1 Å². The van der Waals surface area contributed by atoms with Crippen molar-refractivity contribution in [2.24, 2.45) is 0 Å². The van der Waals surface area contributed by atoms with Crippen LogP contribution in [0, 0.1) is 0 Å². The van der Waals surface area contributed by atoms with Crippen LogP contribution in [0.1, 0.15) is 22.3 Å². The van der Waals surface area contributed by atoms with Crippen molar-refractivity contribution in [3.63, 3.8) is 0 Å². The number of hydrogen-bond acceptors (Lipinski definition) is 6. The van der Waals surface area contributed by atoms with Crippen LogP contribution in [0.15, 0.2) is 134 Å².